The zero-order valence-corrected chi connectivity index (χ0v) is 14.4. The summed E-state index contributed by atoms with van der Waals surface area (Å²) in [7, 11) is 3.06. The van der Waals surface area contributed by atoms with Crippen LogP contribution >= 0.6 is 0 Å². The van der Waals surface area contributed by atoms with Crippen LogP contribution in [0, 0.1) is 11.6 Å². The number of nitrogens with zero attached hydrogens (tertiary/aromatic N) is 2. The van der Waals surface area contributed by atoms with Crippen molar-refractivity contribution >= 4 is 0 Å². The van der Waals surface area contributed by atoms with Crippen molar-refractivity contribution < 1.29 is 23.4 Å². The first-order valence-corrected chi connectivity index (χ1v) is 7.92. The molecule has 0 spiro atoms. The Morgan fingerprint density at radius 3 is 2.65 bits per heavy atom. The van der Waals surface area contributed by atoms with Gasteiger partial charge < -0.3 is 19.1 Å². The van der Waals surface area contributed by atoms with Gasteiger partial charge in [0.1, 0.15) is 17.4 Å². The molecule has 0 unspecified atom stereocenters. The zero-order valence-electron chi connectivity index (χ0n) is 14.4. The van der Waals surface area contributed by atoms with Crippen LogP contribution in [-0.2, 0) is 11.3 Å². The molecule has 3 rings (SSSR count). The monoisotopic (exact) mass is 360 g/mol. The van der Waals surface area contributed by atoms with Crippen LogP contribution in [0.15, 0.2) is 42.7 Å². The minimum atomic E-state index is -1.03. The molecule has 0 aliphatic heterocycles. The highest BCUT2D eigenvalue weighted by Crippen LogP contribution is 2.39. The Morgan fingerprint density at radius 2 is 1.92 bits per heavy atom. The number of rotatable bonds is 6. The Bertz CT molecular complexity index is 925. The van der Waals surface area contributed by atoms with E-state index >= 15 is 0 Å². The molecule has 1 heterocycles. The summed E-state index contributed by atoms with van der Waals surface area (Å²) in [5.41, 5.74) is 1.09. The molecule has 0 atom stereocenters. The second-order valence-corrected chi connectivity index (χ2v) is 5.64. The Hall–Kier alpha value is -2.93. The number of ether oxygens (including phenoxy) is 2. The van der Waals surface area contributed by atoms with Crippen molar-refractivity contribution in [2.75, 3.05) is 20.8 Å². The highest BCUT2D eigenvalue weighted by molar-refractivity contribution is 5.79. The summed E-state index contributed by atoms with van der Waals surface area (Å²) in [5.74, 6) is -1.41. The Morgan fingerprint density at radius 1 is 1.12 bits per heavy atom. The normalized spacial score (nSPS) is 10.9. The van der Waals surface area contributed by atoms with Crippen LogP contribution in [0.1, 0.15) is 0 Å². The Kier molecular flexibility index (Phi) is 5.18. The molecule has 1 aromatic heterocycles. The number of aromatic nitrogens is 2. The number of aromatic hydroxyl groups is 1. The quantitative estimate of drug-likeness (QED) is 0.725. The van der Waals surface area contributed by atoms with Gasteiger partial charge in [0.05, 0.1) is 13.7 Å². The number of methoxy groups -OCH3 is 2. The smallest absolute Gasteiger partial charge is 0.168 e. The van der Waals surface area contributed by atoms with Crippen LogP contribution < -0.4 is 4.74 Å². The summed E-state index contributed by atoms with van der Waals surface area (Å²) in [5, 5.41) is 10.1. The van der Waals surface area contributed by atoms with E-state index in [1.54, 1.807) is 31.5 Å². The molecule has 136 valence electrons. The Balaban J connectivity index is 2.13. The molecule has 0 bridgehead atoms. The van der Waals surface area contributed by atoms with Gasteiger partial charge in [0.25, 0.3) is 0 Å². The molecule has 5 nitrogen and oxygen atoms in total. The molecule has 0 aliphatic rings. The lowest BCUT2D eigenvalue weighted by Gasteiger charge is -2.14. The van der Waals surface area contributed by atoms with Crippen LogP contribution in [0.3, 0.4) is 0 Å². The van der Waals surface area contributed by atoms with Crippen LogP contribution in [0.25, 0.3) is 22.5 Å². The van der Waals surface area contributed by atoms with Gasteiger partial charge in [-0.05, 0) is 24.3 Å². The average Bonchev–Trinajstić information content (AvgIpc) is 3.11. The maximum absolute atomic E-state index is 13.8. The molecular formula is C19H18F2N2O3. The minimum absolute atomic E-state index is 0.0104. The summed E-state index contributed by atoms with van der Waals surface area (Å²) in [6.07, 6.45) is 3.48. The van der Waals surface area contributed by atoms with Crippen LogP contribution in [0.2, 0.25) is 0 Å². The third-order valence-electron chi connectivity index (χ3n) is 4.03. The molecule has 0 radical (unpaired) electrons. The molecular weight excluding hydrogens is 342 g/mol. The van der Waals surface area contributed by atoms with E-state index in [1.807, 2.05) is 10.8 Å². The van der Waals surface area contributed by atoms with Gasteiger partial charge in [-0.15, -0.1) is 0 Å². The second kappa shape index (κ2) is 7.53. The van der Waals surface area contributed by atoms with Gasteiger partial charge in [0.15, 0.2) is 11.6 Å². The molecule has 0 saturated carbocycles. The number of hydrogen-bond acceptors (Lipinski definition) is 4. The maximum atomic E-state index is 13.8. The molecule has 1 N–H and O–H groups in total. The number of imidazole rings is 1. The maximum Gasteiger partial charge on any atom is 0.168 e. The number of halogens is 2. The first-order valence-electron chi connectivity index (χ1n) is 7.92. The highest BCUT2D eigenvalue weighted by atomic mass is 19.1. The van der Waals surface area contributed by atoms with Crippen molar-refractivity contribution in [1.82, 2.24) is 9.55 Å². The summed E-state index contributed by atoms with van der Waals surface area (Å²) in [4.78, 5) is 4.34. The van der Waals surface area contributed by atoms with Gasteiger partial charge in [-0.2, -0.15) is 0 Å². The van der Waals surface area contributed by atoms with Crippen molar-refractivity contribution in [3.05, 3.63) is 54.4 Å². The minimum Gasteiger partial charge on any atom is -0.504 e. The molecule has 3 aromatic rings. The second-order valence-electron chi connectivity index (χ2n) is 5.64. The largest absolute Gasteiger partial charge is 0.504 e. The van der Waals surface area contributed by atoms with E-state index in [0.29, 0.717) is 41.9 Å². The van der Waals surface area contributed by atoms with Crippen molar-refractivity contribution in [3.8, 4) is 34.0 Å². The molecule has 0 aliphatic carbocycles. The highest BCUT2D eigenvalue weighted by Gasteiger charge is 2.17. The van der Waals surface area contributed by atoms with Crippen molar-refractivity contribution in [1.29, 1.82) is 0 Å². The van der Waals surface area contributed by atoms with Gasteiger partial charge in [-0.1, -0.05) is 0 Å². The summed E-state index contributed by atoms with van der Waals surface area (Å²) in [6.45, 7) is 1.12. The standard InChI is InChI=1S/C19H18F2N2O3/c1-25-8-7-23-6-5-22-19(23)12-3-4-17(26-2)14(9-12)15-10-13(20)11-16(21)18(15)24/h3-6,9-11,24H,7-8H2,1-2H3. The fourth-order valence-electron chi connectivity index (χ4n) is 2.77. The summed E-state index contributed by atoms with van der Waals surface area (Å²) >= 11 is 0. The lowest BCUT2D eigenvalue weighted by atomic mass is 10.00. The van der Waals surface area contributed by atoms with Crippen molar-refractivity contribution in [2.24, 2.45) is 0 Å². The predicted molar refractivity (Wildman–Crippen MR) is 93.1 cm³/mol. The first kappa shape index (κ1) is 17.9. The number of hydrogen-bond donors (Lipinski definition) is 1. The molecule has 2 aromatic carbocycles. The van der Waals surface area contributed by atoms with Crippen LogP contribution in [0.4, 0.5) is 8.78 Å². The van der Waals surface area contributed by atoms with E-state index in [1.165, 1.54) is 7.11 Å². The van der Waals surface area contributed by atoms with E-state index < -0.39 is 17.4 Å². The zero-order chi connectivity index (χ0) is 18.7. The summed E-state index contributed by atoms with van der Waals surface area (Å²) < 4.78 is 39.8. The first-order chi connectivity index (χ1) is 12.5. The average molecular weight is 360 g/mol. The van der Waals surface area contributed by atoms with Crippen LogP contribution in [-0.4, -0.2) is 35.5 Å². The topological polar surface area (TPSA) is 56.5 Å². The summed E-state index contributed by atoms with van der Waals surface area (Å²) in [6, 6.07) is 6.84. The van der Waals surface area contributed by atoms with Gasteiger partial charge in [-0.25, -0.2) is 13.8 Å². The molecule has 7 heteroatoms. The van der Waals surface area contributed by atoms with Crippen LogP contribution in [0.5, 0.6) is 11.5 Å². The van der Waals surface area contributed by atoms with Crippen molar-refractivity contribution in [3.63, 3.8) is 0 Å². The van der Waals surface area contributed by atoms with E-state index in [9.17, 15) is 13.9 Å². The number of phenolic OH excluding ortho intramolecular Hbond substituents is 1. The number of phenols is 1. The fourth-order valence-corrected chi connectivity index (χ4v) is 2.77. The number of benzene rings is 2. The lowest BCUT2D eigenvalue weighted by Crippen LogP contribution is -2.05. The molecule has 0 saturated heterocycles. The van der Waals surface area contributed by atoms with E-state index in [2.05, 4.69) is 4.98 Å². The molecule has 0 amide bonds. The SMILES string of the molecule is COCCn1ccnc1-c1ccc(OC)c(-c2cc(F)cc(F)c2O)c1. The third-order valence-corrected chi connectivity index (χ3v) is 4.03. The van der Waals surface area contributed by atoms with E-state index in [-0.39, 0.29) is 5.56 Å². The van der Waals surface area contributed by atoms with E-state index in [0.717, 1.165) is 6.07 Å². The lowest BCUT2D eigenvalue weighted by molar-refractivity contribution is 0.187. The molecule has 26 heavy (non-hydrogen) atoms. The third kappa shape index (κ3) is 3.39. The van der Waals surface area contributed by atoms with E-state index in [4.69, 9.17) is 9.47 Å². The van der Waals surface area contributed by atoms with Gasteiger partial charge >= 0.3 is 0 Å². The van der Waals surface area contributed by atoms with Gasteiger partial charge in [0, 0.05) is 48.8 Å². The predicted octanol–water partition coefficient (Wildman–Crippen LogP) is 3.86. The van der Waals surface area contributed by atoms with Gasteiger partial charge in [0.2, 0.25) is 0 Å². The fraction of sp³-hybridized carbons (Fsp3) is 0.211. The molecule has 0 fully saturated rings. The van der Waals surface area contributed by atoms with Crippen molar-refractivity contribution in [2.45, 2.75) is 6.54 Å². The van der Waals surface area contributed by atoms with Gasteiger partial charge in [-0.3, -0.25) is 0 Å². The Labute approximate surface area is 149 Å².